The Balaban J connectivity index is 1.56. The number of piperazine rings is 1. The standard InChI is InChI=1S/C19H26N4O2/c1-15(2)13-21-9-11-22(12-10-21)18(24)7-8-23-14-20-17-6-4-3-5-16(17)19(23)25/h3-6,14-15H,7-13H2,1-2H3. The molecule has 0 aliphatic carbocycles. The van der Waals surface area contributed by atoms with Crippen molar-refractivity contribution in [2.45, 2.75) is 26.8 Å². The maximum Gasteiger partial charge on any atom is 0.261 e. The number of carbonyl (C=O) groups excluding carboxylic acids is 1. The van der Waals surface area contributed by atoms with Gasteiger partial charge in [-0.25, -0.2) is 4.98 Å². The number of amides is 1. The maximum atomic E-state index is 12.5. The fourth-order valence-electron chi connectivity index (χ4n) is 3.34. The maximum absolute atomic E-state index is 12.5. The second kappa shape index (κ2) is 7.78. The summed E-state index contributed by atoms with van der Waals surface area (Å²) < 4.78 is 1.54. The van der Waals surface area contributed by atoms with Crippen molar-refractivity contribution < 1.29 is 4.79 Å². The van der Waals surface area contributed by atoms with Crippen LogP contribution in [0.3, 0.4) is 0 Å². The second-order valence-corrected chi connectivity index (χ2v) is 7.09. The third-order valence-corrected chi connectivity index (χ3v) is 4.65. The summed E-state index contributed by atoms with van der Waals surface area (Å²) in [4.78, 5) is 33.5. The molecule has 1 aliphatic rings. The Hall–Kier alpha value is -2.21. The van der Waals surface area contributed by atoms with Crippen LogP contribution in [-0.2, 0) is 11.3 Å². The number of para-hydroxylation sites is 1. The summed E-state index contributed by atoms with van der Waals surface area (Å²) in [6, 6.07) is 7.29. The van der Waals surface area contributed by atoms with Gasteiger partial charge in [-0.2, -0.15) is 0 Å². The molecule has 1 aromatic carbocycles. The number of nitrogens with zero attached hydrogens (tertiary/aromatic N) is 4. The van der Waals surface area contributed by atoms with E-state index in [2.05, 4.69) is 23.7 Å². The van der Waals surface area contributed by atoms with Crippen molar-refractivity contribution >= 4 is 16.8 Å². The Morgan fingerprint density at radius 3 is 2.60 bits per heavy atom. The third kappa shape index (κ3) is 4.25. The van der Waals surface area contributed by atoms with Crippen molar-refractivity contribution in [3.63, 3.8) is 0 Å². The lowest BCUT2D eigenvalue weighted by atomic mass is 10.2. The van der Waals surface area contributed by atoms with E-state index in [0.717, 1.165) is 32.7 Å². The number of hydrogen-bond donors (Lipinski definition) is 0. The molecule has 0 bridgehead atoms. The first-order valence-electron chi connectivity index (χ1n) is 8.99. The van der Waals surface area contributed by atoms with Gasteiger partial charge >= 0.3 is 0 Å². The lowest BCUT2D eigenvalue weighted by Crippen LogP contribution is -2.49. The van der Waals surface area contributed by atoms with Crippen LogP contribution in [0.2, 0.25) is 0 Å². The van der Waals surface area contributed by atoms with E-state index in [4.69, 9.17) is 0 Å². The molecule has 0 N–H and O–H groups in total. The Morgan fingerprint density at radius 2 is 1.88 bits per heavy atom. The van der Waals surface area contributed by atoms with Crippen LogP contribution in [-0.4, -0.2) is 58.0 Å². The number of aryl methyl sites for hydroxylation is 1. The molecule has 0 saturated carbocycles. The van der Waals surface area contributed by atoms with Gasteiger partial charge in [-0.15, -0.1) is 0 Å². The zero-order valence-electron chi connectivity index (χ0n) is 15.0. The van der Waals surface area contributed by atoms with Crippen LogP contribution >= 0.6 is 0 Å². The van der Waals surface area contributed by atoms with E-state index in [0.29, 0.717) is 29.8 Å². The fourth-order valence-corrected chi connectivity index (χ4v) is 3.34. The van der Waals surface area contributed by atoms with Crippen LogP contribution in [0.25, 0.3) is 10.9 Å². The molecule has 134 valence electrons. The summed E-state index contributed by atoms with van der Waals surface area (Å²) in [6.45, 7) is 9.30. The minimum Gasteiger partial charge on any atom is -0.340 e. The first-order valence-corrected chi connectivity index (χ1v) is 8.99. The van der Waals surface area contributed by atoms with Gasteiger partial charge in [-0.1, -0.05) is 26.0 Å². The van der Waals surface area contributed by atoms with Crippen LogP contribution in [0.15, 0.2) is 35.4 Å². The lowest BCUT2D eigenvalue weighted by Gasteiger charge is -2.35. The molecule has 1 amide bonds. The van der Waals surface area contributed by atoms with Gasteiger partial charge in [0.05, 0.1) is 17.2 Å². The highest BCUT2D eigenvalue weighted by atomic mass is 16.2. The zero-order valence-corrected chi connectivity index (χ0v) is 15.0. The van der Waals surface area contributed by atoms with Crippen LogP contribution in [0.1, 0.15) is 20.3 Å². The topological polar surface area (TPSA) is 58.4 Å². The van der Waals surface area contributed by atoms with Crippen molar-refractivity contribution in [2.75, 3.05) is 32.7 Å². The number of fused-ring (bicyclic) bond motifs is 1. The average molecular weight is 342 g/mol. The van der Waals surface area contributed by atoms with Gasteiger partial charge in [0.1, 0.15) is 0 Å². The van der Waals surface area contributed by atoms with Gasteiger partial charge in [-0.05, 0) is 18.1 Å². The first-order chi connectivity index (χ1) is 12.0. The van der Waals surface area contributed by atoms with E-state index in [1.807, 2.05) is 23.1 Å². The molecule has 0 unspecified atom stereocenters. The molecule has 2 aromatic rings. The van der Waals surface area contributed by atoms with Gasteiger partial charge in [0, 0.05) is 45.7 Å². The minimum atomic E-state index is -0.0832. The molecule has 0 radical (unpaired) electrons. The van der Waals surface area contributed by atoms with E-state index in [1.54, 1.807) is 12.4 Å². The van der Waals surface area contributed by atoms with Crippen LogP contribution in [0, 0.1) is 5.92 Å². The van der Waals surface area contributed by atoms with Gasteiger partial charge < -0.3 is 4.90 Å². The lowest BCUT2D eigenvalue weighted by molar-refractivity contribution is -0.133. The summed E-state index contributed by atoms with van der Waals surface area (Å²) >= 11 is 0. The van der Waals surface area contributed by atoms with Gasteiger partial charge in [0.2, 0.25) is 5.91 Å². The minimum absolute atomic E-state index is 0.0832. The van der Waals surface area contributed by atoms with Crippen molar-refractivity contribution in [2.24, 2.45) is 5.92 Å². The Kier molecular flexibility index (Phi) is 5.48. The van der Waals surface area contributed by atoms with E-state index in [9.17, 15) is 9.59 Å². The van der Waals surface area contributed by atoms with E-state index >= 15 is 0 Å². The molecule has 1 aliphatic heterocycles. The van der Waals surface area contributed by atoms with Crippen LogP contribution < -0.4 is 5.56 Å². The number of benzene rings is 1. The van der Waals surface area contributed by atoms with Gasteiger partial charge in [-0.3, -0.25) is 19.1 Å². The van der Waals surface area contributed by atoms with Gasteiger partial charge in [0.15, 0.2) is 0 Å². The number of rotatable bonds is 5. The summed E-state index contributed by atoms with van der Waals surface area (Å²) in [5.74, 6) is 0.763. The predicted octanol–water partition coefficient (Wildman–Crippen LogP) is 1.59. The molecular weight excluding hydrogens is 316 g/mol. The molecule has 1 aromatic heterocycles. The molecule has 3 rings (SSSR count). The molecule has 0 atom stereocenters. The van der Waals surface area contributed by atoms with Gasteiger partial charge in [0.25, 0.3) is 5.56 Å². The Labute approximate surface area is 148 Å². The first kappa shape index (κ1) is 17.6. The number of carbonyl (C=O) groups is 1. The Bertz CT molecular complexity index is 791. The summed E-state index contributed by atoms with van der Waals surface area (Å²) in [5, 5.41) is 0.597. The number of aromatic nitrogens is 2. The van der Waals surface area contributed by atoms with E-state index < -0.39 is 0 Å². The highest BCUT2D eigenvalue weighted by molar-refractivity contribution is 5.77. The molecule has 6 nitrogen and oxygen atoms in total. The molecule has 0 spiro atoms. The van der Waals surface area contributed by atoms with E-state index in [-0.39, 0.29) is 11.5 Å². The highest BCUT2D eigenvalue weighted by Gasteiger charge is 2.21. The normalized spacial score (nSPS) is 15.9. The second-order valence-electron chi connectivity index (χ2n) is 7.09. The summed E-state index contributed by atoms with van der Waals surface area (Å²) in [5.41, 5.74) is 0.608. The predicted molar refractivity (Wildman–Crippen MR) is 98.5 cm³/mol. The van der Waals surface area contributed by atoms with Crippen LogP contribution in [0.5, 0.6) is 0 Å². The molecule has 1 saturated heterocycles. The molecule has 2 heterocycles. The number of hydrogen-bond acceptors (Lipinski definition) is 4. The SMILES string of the molecule is CC(C)CN1CCN(C(=O)CCn2cnc3ccccc3c2=O)CC1. The van der Waals surface area contributed by atoms with Crippen LogP contribution in [0.4, 0.5) is 0 Å². The average Bonchev–Trinajstić information content (AvgIpc) is 2.61. The molecular formula is C19H26N4O2. The zero-order chi connectivity index (χ0) is 17.8. The monoisotopic (exact) mass is 342 g/mol. The molecule has 1 fully saturated rings. The largest absolute Gasteiger partial charge is 0.340 e. The van der Waals surface area contributed by atoms with Crippen molar-refractivity contribution in [3.8, 4) is 0 Å². The van der Waals surface area contributed by atoms with E-state index in [1.165, 1.54) is 4.57 Å². The van der Waals surface area contributed by atoms with Crippen molar-refractivity contribution in [1.82, 2.24) is 19.4 Å². The summed E-state index contributed by atoms with van der Waals surface area (Å²) in [7, 11) is 0. The quantitative estimate of drug-likeness (QED) is 0.828. The molecule has 6 heteroatoms. The van der Waals surface area contributed by atoms with Crippen molar-refractivity contribution in [3.05, 3.63) is 40.9 Å². The van der Waals surface area contributed by atoms with Crippen molar-refractivity contribution in [1.29, 1.82) is 0 Å². The summed E-state index contributed by atoms with van der Waals surface area (Å²) in [6.07, 6.45) is 1.88. The smallest absolute Gasteiger partial charge is 0.261 e. The third-order valence-electron chi connectivity index (χ3n) is 4.65. The Morgan fingerprint density at radius 1 is 1.16 bits per heavy atom. The molecule has 25 heavy (non-hydrogen) atoms. The fraction of sp³-hybridized carbons (Fsp3) is 0.526. The highest BCUT2D eigenvalue weighted by Crippen LogP contribution is 2.08.